The van der Waals surface area contributed by atoms with Crippen molar-refractivity contribution in [3.63, 3.8) is 0 Å². The van der Waals surface area contributed by atoms with E-state index >= 15 is 0 Å². The maximum Gasteiger partial charge on any atom is 0.201 e. The summed E-state index contributed by atoms with van der Waals surface area (Å²) in [6.45, 7) is 1.84. The molecular weight excluding hydrogens is 373 g/mol. The fourth-order valence-electron chi connectivity index (χ4n) is 4.87. The Morgan fingerprint density at radius 1 is 1.03 bits per heavy atom. The van der Waals surface area contributed by atoms with E-state index in [2.05, 4.69) is 18.2 Å². The summed E-state index contributed by atoms with van der Waals surface area (Å²) in [7, 11) is 0. The van der Waals surface area contributed by atoms with E-state index in [0.717, 1.165) is 37.2 Å². The molecule has 1 aromatic rings. The van der Waals surface area contributed by atoms with Crippen LogP contribution in [0.25, 0.3) is 5.57 Å². The first-order valence-electron chi connectivity index (χ1n) is 11.2. The normalized spacial score (nSPS) is 25.2. The van der Waals surface area contributed by atoms with Gasteiger partial charge in [-0.2, -0.15) is 4.39 Å². The summed E-state index contributed by atoms with van der Waals surface area (Å²) in [4.78, 5) is 0. The molecule has 2 aliphatic carbocycles. The molecule has 1 atom stereocenters. The van der Waals surface area contributed by atoms with Crippen LogP contribution in [0.5, 0.6) is 5.75 Å². The van der Waals surface area contributed by atoms with E-state index in [1.807, 2.05) is 0 Å². The summed E-state index contributed by atoms with van der Waals surface area (Å²) >= 11 is 0. The highest BCUT2D eigenvalue weighted by Crippen LogP contribution is 2.42. The maximum absolute atomic E-state index is 14.5. The molecule has 1 nitrogen and oxygen atoms in total. The van der Waals surface area contributed by atoms with E-state index in [9.17, 15) is 13.2 Å². The summed E-state index contributed by atoms with van der Waals surface area (Å²) < 4.78 is 46.0. The van der Waals surface area contributed by atoms with Gasteiger partial charge in [-0.05, 0) is 100 Å². The molecule has 1 saturated carbocycles. The Hall–Kier alpha value is -1.71. The first kappa shape index (κ1) is 22.0. The van der Waals surface area contributed by atoms with Crippen molar-refractivity contribution in [2.24, 2.45) is 17.8 Å². The molecule has 3 rings (SSSR count). The summed E-state index contributed by atoms with van der Waals surface area (Å²) in [5, 5.41) is 0. The molecule has 0 spiro atoms. The first-order valence-corrected chi connectivity index (χ1v) is 11.2. The van der Waals surface area contributed by atoms with E-state index < -0.39 is 11.6 Å². The van der Waals surface area contributed by atoms with Crippen molar-refractivity contribution in [2.45, 2.75) is 64.7 Å². The largest absolute Gasteiger partial charge is 0.491 e. The highest BCUT2D eigenvalue weighted by atomic mass is 19.2. The minimum absolute atomic E-state index is 0.0152. The van der Waals surface area contributed by atoms with Crippen molar-refractivity contribution in [1.29, 1.82) is 0 Å². The Morgan fingerprint density at radius 3 is 2.48 bits per heavy atom. The smallest absolute Gasteiger partial charge is 0.201 e. The Bertz CT molecular complexity index is 717. The van der Waals surface area contributed by atoms with Crippen LogP contribution >= 0.6 is 0 Å². The summed E-state index contributed by atoms with van der Waals surface area (Å²) in [6, 6.07) is 3.18. The predicted molar refractivity (Wildman–Crippen MR) is 113 cm³/mol. The van der Waals surface area contributed by atoms with Gasteiger partial charge in [0.05, 0.1) is 13.3 Å². The van der Waals surface area contributed by atoms with Crippen molar-refractivity contribution < 1.29 is 17.9 Å². The molecule has 0 aliphatic heterocycles. The number of hydrogen-bond donors (Lipinski definition) is 0. The van der Waals surface area contributed by atoms with Gasteiger partial charge in [0.1, 0.15) is 0 Å². The molecule has 0 radical (unpaired) electrons. The lowest BCUT2D eigenvalue weighted by Gasteiger charge is -2.35. The van der Waals surface area contributed by atoms with Gasteiger partial charge < -0.3 is 4.74 Å². The molecule has 4 heteroatoms. The molecule has 1 aromatic carbocycles. The molecule has 0 heterocycles. The second-order valence-corrected chi connectivity index (χ2v) is 8.37. The van der Waals surface area contributed by atoms with Crippen LogP contribution < -0.4 is 4.74 Å². The summed E-state index contributed by atoms with van der Waals surface area (Å²) in [5.41, 5.74) is 1.30. The van der Waals surface area contributed by atoms with Gasteiger partial charge in [0.25, 0.3) is 0 Å². The molecule has 1 unspecified atom stereocenters. The van der Waals surface area contributed by atoms with Crippen molar-refractivity contribution in [3.8, 4) is 5.75 Å². The average molecular weight is 407 g/mol. The monoisotopic (exact) mass is 406 g/mol. The number of alkyl halides is 1. The second kappa shape index (κ2) is 10.9. The standard InChI is InChI=1S/C25H33F3O/c1-2-29-23-16-15-22(24(27)25(23)28)21-13-11-20(12-14-21)19-9-7-18(8-10-19)6-4-3-5-17-26/h4,6,13,15-16,18-20H,2-3,5,7-12,14,17H2,1H3. The van der Waals surface area contributed by atoms with E-state index in [0.29, 0.717) is 30.4 Å². The fraction of sp³-hybridized carbons (Fsp3) is 0.600. The van der Waals surface area contributed by atoms with Gasteiger partial charge in [0, 0.05) is 5.56 Å². The highest BCUT2D eigenvalue weighted by molar-refractivity contribution is 5.67. The van der Waals surface area contributed by atoms with Gasteiger partial charge in [-0.25, -0.2) is 4.39 Å². The Morgan fingerprint density at radius 2 is 1.83 bits per heavy atom. The third kappa shape index (κ3) is 5.67. The molecule has 160 valence electrons. The number of benzene rings is 1. The number of unbranched alkanes of at least 4 members (excludes halogenated alkanes) is 1. The molecule has 0 amide bonds. The molecule has 0 N–H and O–H groups in total. The Labute approximate surface area is 173 Å². The molecule has 0 aromatic heterocycles. The van der Waals surface area contributed by atoms with Gasteiger partial charge >= 0.3 is 0 Å². The van der Waals surface area contributed by atoms with E-state index in [1.54, 1.807) is 13.0 Å². The van der Waals surface area contributed by atoms with Crippen LogP contribution in [-0.2, 0) is 0 Å². The lowest BCUT2D eigenvalue weighted by Crippen LogP contribution is -2.22. The van der Waals surface area contributed by atoms with E-state index in [4.69, 9.17) is 4.74 Å². The molecule has 0 saturated heterocycles. The van der Waals surface area contributed by atoms with Crippen LogP contribution in [0.4, 0.5) is 13.2 Å². The highest BCUT2D eigenvalue weighted by Gasteiger charge is 2.29. The zero-order valence-electron chi connectivity index (χ0n) is 17.4. The van der Waals surface area contributed by atoms with Crippen LogP contribution in [0.1, 0.15) is 70.3 Å². The number of halogens is 3. The lowest BCUT2D eigenvalue weighted by molar-refractivity contribution is 0.212. The fourth-order valence-corrected chi connectivity index (χ4v) is 4.87. The summed E-state index contributed by atoms with van der Waals surface area (Å²) in [5.74, 6) is 0.321. The zero-order valence-corrected chi connectivity index (χ0v) is 17.4. The van der Waals surface area contributed by atoms with Crippen molar-refractivity contribution >= 4 is 5.57 Å². The Kier molecular flexibility index (Phi) is 8.26. The van der Waals surface area contributed by atoms with Gasteiger partial charge in [-0.3, -0.25) is 4.39 Å². The number of rotatable bonds is 8. The van der Waals surface area contributed by atoms with Gasteiger partial charge in [0.15, 0.2) is 11.6 Å². The number of ether oxygens (including phenoxy) is 1. The van der Waals surface area contributed by atoms with Crippen LogP contribution in [0.3, 0.4) is 0 Å². The van der Waals surface area contributed by atoms with Crippen LogP contribution in [-0.4, -0.2) is 13.3 Å². The van der Waals surface area contributed by atoms with E-state index in [1.165, 1.54) is 31.7 Å². The zero-order chi connectivity index (χ0) is 20.6. The minimum atomic E-state index is -0.884. The SMILES string of the molecule is CCOc1ccc(C2=CCC(C3CCC(C=CCCCF)CC3)CC2)c(F)c1F. The van der Waals surface area contributed by atoms with Crippen LogP contribution in [0, 0.1) is 29.4 Å². The Balaban J connectivity index is 1.54. The predicted octanol–water partition coefficient (Wildman–Crippen LogP) is 7.66. The third-order valence-electron chi connectivity index (χ3n) is 6.54. The van der Waals surface area contributed by atoms with Crippen LogP contribution in [0.2, 0.25) is 0 Å². The second-order valence-electron chi connectivity index (χ2n) is 8.37. The number of hydrogen-bond acceptors (Lipinski definition) is 1. The molecule has 2 aliphatic rings. The molecule has 29 heavy (non-hydrogen) atoms. The number of allylic oxidation sites excluding steroid dienone is 4. The van der Waals surface area contributed by atoms with Gasteiger partial charge in [-0.1, -0.05) is 18.2 Å². The van der Waals surface area contributed by atoms with E-state index in [-0.39, 0.29) is 12.4 Å². The van der Waals surface area contributed by atoms with Gasteiger partial charge in [-0.15, -0.1) is 0 Å². The topological polar surface area (TPSA) is 9.23 Å². The third-order valence-corrected chi connectivity index (χ3v) is 6.54. The molecule has 0 bridgehead atoms. The molecular formula is C25H33F3O. The minimum Gasteiger partial charge on any atom is -0.491 e. The average Bonchev–Trinajstić information content (AvgIpc) is 2.75. The van der Waals surface area contributed by atoms with Crippen LogP contribution in [0.15, 0.2) is 30.4 Å². The van der Waals surface area contributed by atoms with Crippen molar-refractivity contribution in [2.75, 3.05) is 13.3 Å². The molecule has 1 fully saturated rings. The first-order chi connectivity index (χ1) is 14.1. The van der Waals surface area contributed by atoms with Crippen molar-refractivity contribution in [1.82, 2.24) is 0 Å². The van der Waals surface area contributed by atoms with Crippen molar-refractivity contribution in [3.05, 3.63) is 47.6 Å². The summed E-state index contributed by atoms with van der Waals surface area (Å²) in [6.07, 6.45) is 15.7. The quantitative estimate of drug-likeness (QED) is 0.318. The lowest BCUT2D eigenvalue weighted by atomic mass is 9.71. The van der Waals surface area contributed by atoms with Gasteiger partial charge in [0.2, 0.25) is 5.82 Å². The maximum atomic E-state index is 14.5.